The number of anilines is 2. The molecule has 6 nitrogen and oxygen atoms in total. The van der Waals surface area contributed by atoms with E-state index < -0.39 is 5.91 Å². The molecule has 0 saturated heterocycles. The number of hydrogen-bond donors (Lipinski definition) is 4. The van der Waals surface area contributed by atoms with Crippen molar-refractivity contribution in [3.05, 3.63) is 60.2 Å². The van der Waals surface area contributed by atoms with E-state index in [0.29, 0.717) is 22.5 Å². The second-order valence-corrected chi connectivity index (χ2v) is 5.95. The number of para-hydroxylation sites is 2. The van der Waals surface area contributed by atoms with Gasteiger partial charge in [-0.15, -0.1) is 0 Å². The summed E-state index contributed by atoms with van der Waals surface area (Å²) in [5, 5.41) is 17.6. The number of ether oxygens (including phenoxy) is 1. The van der Waals surface area contributed by atoms with E-state index in [4.69, 9.17) is 22.7 Å². The molecule has 5 N–H and O–H groups in total. The number of fused-ring (bicyclic) bond motifs is 1. The molecule has 3 aromatic rings. The first-order valence-corrected chi connectivity index (χ1v) is 8.17. The number of amides is 1. The number of carbonyl (C=O) groups is 1. The molecule has 3 rings (SSSR count). The number of nitrogens with one attached hydrogen (secondary N) is 2. The Morgan fingerprint density at radius 1 is 1.12 bits per heavy atom. The van der Waals surface area contributed by atoms with Crippen LogP contribution < -0.4 is 21.1 Å². The first-order chi connectivity index (χ1) is 12.5. The van der Waals surface area contributed by atoms with Gasteiger partial charge in [0.2, 0.25) is 0 Å². The van der Waals surface area contributed by atoms with Gasteiger partial charge in [-0.2, -0.15) is 0 Å². The summed E-state index contributed by atoms with van der Waals surface area (Å²) in [7, 11) is 1.52. The molecule has 0 heterocycles. The smallest absolute Gasteiger partial charge is 0.259 e. The summed E-state index contributed by atoms with van der Waals surface area (Å²) in [5.41, 5.74) is 6.44. The maximum Gasteiger partial charge on any atom is 0.259 e. The molecule has 7 heteroatoms. The number of hydrogen-bond acceptors (Lipinski definition) is 4. The molecule has 0 aromatic heterocycles. The average molecular weight is 367 g/mol. The highest BCUT2D eigenvalue weighted by atomic mass is 32.1. The lowest BCUT2D eigenvalue weighted by Gasteiger charge is -2.15. The molecule has 0 fully saturated rings. The maximum absolute atomic E-state index is 12.8. The average Bonchev–Trinajstić information content (AvgIpc) is 2.64. The normalized spacial score (nSPS) is 10.3. The number of aromatic hydroxyl groups is 1. The van der Waals surface area contributed by atoms with Crippen LogP contribution in [-0.4, -0.2) is 23.2 Å². The van der Waals surface area contributed by atoms with Gasteiger partial charge in [0.05, 0.1) is 24.0 Å². The van der Waals surface area contributed by atoms with Crippen molar-refractivity contribution in [2.45, 2.75) is 0 Å². The van der Waals surface area contributed by atoms with Gasteiger partial charge in [-0.05, 0) is 35.8 Å². The van der Waals surface area contributed by atoms with E-state index in [1.807, 2.05) is 18.2 Å². The highest BCUT2D eigenvalue weighted by Crippen LogP contribution is 2.37. The van der Waals surface area contributed by atoms with E-state index in [1.54, 1.807) is 36.4 Å². The third-order valence-electron chi connectivity index (χ3n) is 3.87. The molecule has 0 radical (unpaired) electrons. The molecule has 0 saturated carbocycles. The van der Waals surface area contributed by atoms with E-state index in [-0.39, 0.29) is 16.4 Å². The van der Waals surface area contributed by atoms with Crippen LogP contribution in [0.1, 0.15) is 10.4 Å². The van der Waals surface area contributed by atoms with Crippen LogP contribution in [0.4, 0.5) is 11.4 Å². The predicted molar refractivity (Wildman–Crippen MR) is 107 cm³/mol. The lowest BCUT2D eigenvalue weighted by Crippen LogP contribution is -2.20. The molecule has 0 bridgehead atoms. The fourth-order valence-corrected chi connectivity index (χ4v) is 2.80. The lowest BCUT2D eigenvalue weighted by molar-refractivity contribution is 0.102. The summed E-state index contributed by atoms with van der Waals surface area (Å²) in [6.45, 7) is 0. The molecule has 0 atom stereocenters. The standard InChI is InChI=1S/C19H17N3O3S/c1-25-15-9-5-4-8-14(15)21-18(24)13-10-11-6-2-3-7-12(11)16(17(13)23)22-19(20)26/h2-10,23H,1H3,(H,21,24)(H3,20,22,26). The topological polar surface area (TPSA) is 96.6 Å². The highest BCUT2D eigenvalue weighted by Gasteiger charge is 2.19. The second-order valence-electron chi connectivity index (χ2n) is 5.51. The summed E-state index contributed by atoms with van der Waals surface area (Å²) < 4.78 is 5.24. The van der Waals surface area contributed by atoms with Crippen molar-refractivity contribution < 1.29 is 14.6 Å². The van der Waals surface area contributed by atoms with Gasteiger partial charge in [-0.25, -0.2) is 0 Å². The molecule has 3 aromatic carbocycles. The first kappa shape index (κ1) is 17.5. The monoisotopic (exact) mass is 367 g/mol. The molecule has 26 heavy (non-hydrogen) atoms. The van der Waals surface area contributed by atoms with Gasteiger partial charge in [0.1, 0.15) is 5.75 Å². The molecule has 0 aliphatic rings. The van der Waals surface area contributed by atoms with E-state index >= 15 is 0 Å². The summed E-state index contributed by atoms with van der Waals surface area (Å²) in [5.74, 6) is -0.199. The largest absolute Gasteiger partial charge is 0.505 e. The second kappa shape index (κ2) is 7.28. The summed E-state index contributed by atoms with van der Waals surface area (Å²) in [6, 6.07) is 15.9. The molecular formula is C19H17N3O3S. The predicted octanol–water partition coefficient (Wildman–Crippen LogP) is 3.46. The quantitative estimate of drug-likeness (QED) is 0.417. The lowest BCUT2D eigenvalue weighted by atomic mass is 10.0. The van der Waals surface area contributed by atoms with E-state index in [9.17, 15) is 9.90 Å². The Balaban J connectivity index is 2.08. The van der Waals surface area contributed by atoms with E-state index in [0.717, 1.165) is 5.39 Å². The fourth-order valence-electron chi connectivity index (χ4n) is 2.70. The molecule has 1 amide bonds. The van der Waals surface area contributed by atoms with E-state index in [2.05, 4.69) is 10.6 Å². The van der Waals surface area contributed by atoms with Gasteiger partial charge in [0, 0.05) is 5.39 Å². The Morgan fingerprint density at radius 2 is 1.81 bits per heavy atom. The van der Waals surface area contributed by atoms with Crippen LogP contribution in [0.5, 0.6) is 11.5 Å². The number of thiocarbonyl (C=S) groups is 1. The van der Waals surface area contributed by atoms with Gasteiger partial charge >= 0.3 is 0 Å². The number of methoxy groups -OCH3 is 1. The third kappa shape index (κ3) is 3.38. The number of phenolic OH excluding ortho intramolecular Hbond substituents is 1. The molecule has 0 aliphatic carbocycles. The van der Waals surface area contributed by atoms with Crippen molar-refractivity contribution >= 4 is 45.4 Å². The number of rotatable bonds is 4. The van der Waals surface area contributed by atoms with Crippen molar-refractivity contribution in [3.63, 3.8) is 0 Å². The molecule has 132 valence electrons. The Morgan fingerprint density at radius 3 is 2.54 bits per heavy atom. The number of phenols is 1. The van der Waals surface area contributed by atoms with Crippen LogP contribution >= 0.6 is 12.2 Å². The fraction of sp³-hybridized carbons (Fsp3) is 0.0526. The van der Waals surface area contributed by atoms with Crippen LogP contribution in [0.15, 0.2) is 54.6 Å². The molecule has 0 unspecified atom stereocenters. The Labute approximate surface area is 155 Å². The Bertz CT molecular complexity index is 1000. The number of carbonyl (C=O) groups excluding carboxylic acids is 1. The minimum atomic E-state index is -0.483. The van der Waals surface area contributed by atoms with Crippen LogP contribution in [0.25, 0.3) is 10.8 Å². The van der Waals surface area contributed by atoms with Crippen LogP contribution in [-0.2, 0) is 0 Å². The van der Waals surface area contributed by atoms with Gasteiger partial charge in [0.15, 0.2) is 10.9 Å². The van der Waals surface area contributed by atoms with Crippen molar-refractivity contribution in [1.29, 1.82) is 0 Å². The summed E-state index contributed by atoms with van der Waals surface area (Å²) >= 11 is 4.89. The zero-order valence-corrected chi connectivity index (χ0v) is 14.8. The van der Waals surface area contributed by atoms with Crippen molar-refractivity contribution in [2.24, 2.45) is 5.73 Å². The van der Waals surface area contributed by atoms with Gasteiger partial charge < -0.3 is 26.2 Å². The SMILES string of the molecule is COc1ccccc1NC(=O)c1cc2ccccc2c(NC(N)=S)c1O. The van der Waals surface area contributed by atoms with Crippen molar-refractivity contribution in [2.75, 3.05) is 17.7 Å². The molecular weight excluding hydrogens is 350 g/mol. The number of nitrogens with two attached hydrogens (primary N) is 1. The minimum Gasteiger partial charge on any atom is -0.505 e. The zero-order valence-electron chi connectivity index (χ0n) is 13.9. The number of benzene rings is 3. The zero-order chi connectivity index (χ0) is 18.7. The van der Waals surface area contributed by atoms with Gasteiger partial charge in [-0.1, -0.05) is 36.4 Å². The Hall–Kier alpha value is -3.32. The minimum absolute atomic E-state index is 0.00672. The van der Waals surface area contributed by atoms with Crippen LogP contribution in [0, 0.1) is 0 Å². The molecule has 0 aliphatic heterocycles. The van der Waals surface area contributed by atoms with E-state index in [1.165, 1.54) is 7.11 Å². The first-order valence-electron chi connectivity index (χ1n) is 7.76. The van der Waals surface area contributed by atoms with Crippen LogP contribution in [0.3, 0.4) is 0 Å². The Kier molecular flexibility index (Phi) is 4.90. The third-order valence-corrected chi connectivity index (χ3v) is 3.97. The highest BCUT2D eigenvalue weighted by molar-refractivity contribution is 7.80. The summed E-state index contributed by atoms with van der Waals surface area (Å²) in [6.07, 6.45) is 0. The van der Waals surface area contributed by atoms with Gasteiger partial charge in [-0.3, -0.25) is 4.79 Å². The van der Waals surface area contributed by atoms with Crippen LogP contribution in [0.2, 0.25) is 0 Å². The van der Waals surface area contributed by atoms with Crippen molar-refractivity contribution in [3.8, 4) is 11.5 Å². The van der Waals surface area contributed by atoms with Crippen molar-refractivity contribution in [1.82, 2.24) is 0 Å². The summed E-state index contributed by atoms with van der Waals surface area (Å²) in [4.78, 5) is 12.8. The maximum atomic E-state index is 12.8. The van der Waals surface area contributed by atoms with Gasteiger partial charge in [0.25, 0.3) is 5.91 Å². The molecule has 0 spiro atoms.